The lowest BCUT2D eigenvalue weighted by atomic mass is 10.0. The highest BCUT2D eigenvalue weighted by molar-refractivity contribution is 8.01. The predicted octanol–water partition coefficient (Wildman–Crippen LogP) is 2.58. The van der Waals surface area contributed by atoms with Crippen molar-refractivity contribution in [3.8, 4) is 0 Å². The molecule has 1 aliphatic rings. The quantitative estimate of drug-likeness (QED) is 0.329. The highest BCUT2D eigenvalue weighted by atomic mass is 32.2. The van der Waals surface area contributed by atoms with Crippen LogP contribution in [0.2, 0.25) is 0 Å². The fraction of sp³-hybridized carbons (Fsp3) is 0.900. The number of nitrogens with zero attached hydrogens (tertiary/aromatic N) is 1. The Morgan fingerprint density at radius 3 is 2.64 bits per heavy atom. The predicted molar refractivity (Wildman–Crippen MR) is 62.0 cm³/mol. The second-order valence-electron chi connectivity index (χ2n) is 3.82. The Morgan fingerprint density at radius 2 is 2.14 bits per heavy atom. The van der Waals surface area contributed by atoms with Gasteiger partial charge in [-0.15, -0.1) is 11.8 Å². The zero-order valence-electron chi connectivity index (χ0n) is 8.78. The molecule has 1 rings (SSSR count). The van der Waals surface area contributed by atoms with Crippen LogP contribution in [0.3, 0.4) is 0 Å². The molecule has 1 atom stereocenters. The van der Waals surface area contributed by atoms with E-state index < -0.39 is 0 Å². The third kappa shape index (κ3) is 3.40. The molecule has 0 saturated heterocycles. The average Bonchev–Trinajstić information content (AvgIpc) is 2.26. The second-order valence-corrected chi connectivity index (χ2v) is 5.33. The summed E-state index contributed by atoms with van der Waals surface area (Å²) in [4.78, 5) is 0. The molecule has 0 spiro atoms. The van der Waals surface area contributed by atoms with Gasteiger partial charge in [-0.25, -0.2) is 0 Å². The van der Waals surface area contributed by atoms with E-state index in [2.05, 4.69) is 12.1 Å². The minimum Gasteiger partial charge on any atom is -0.409 e. The fourth-order valence-corrected chi connectivity index (χ4v) is 3.32. The van der Waals surface area contributed by atoms with Gasteiger partial charge in [0, 0.05) is 5.25 Å². The lowest BCUT2D eigenvalue weighted by molar-refractivity contribution is 0.317. The summed E-state index contributed by atoms with van der Waals surface area (Å²) >= 11 is 1.88. The molecule has 1 fully saturated rings. The van der Waals surface area contributed by atoms with Gasteiger partial charge in [-0.3, -0.25) is 0 Å². The maximum absolute atomic E-state index is 8.62. The van der Waals surface area contributed by atoms with Gasteiger partial charge in [-0.05, 0) is 19.3 Å². The van der Waals surface area contributed by atoms with Crippen molar-refractivity contribution in [1.82, 2.24) is 0 Å². The molecule has 3 N–H and O–H groups in total. The zero-order valence-corrected chi connectivity index (χ0v) is 9.59. The number of nitrogens with two attached hydrogens (primary N) is 1. The molecule has 0 aromatic carbocycles. The second kappa shape index (κ2) is 6.17. The Hall–Kier alpha value is -0.380. The first-order valence-corrected chi connectivity index (χ1v) is 6.35. The summed E-state index contributed by atoms with van der Waals surface area (Å²) in [6.45, 7) is 2.08. The Labute approximate surface area is 90.1 Å². The summed E-state index contributed by atoms with van der Waals surface area (Å²) in [5.41, 5.74) is 5.62. The van der Waals surface area contributed by atoms with Crippen LogP contribution in [0.1, 0.15) is 45.4 Å². The van der Waals surface area contributed by atoms with Crippen molar-refractivity contribution in [3.63, 3.8) is 0 Å². The van der Waals surface area contributed by atoms with Gasteiger partial charge in [-0.1, -0.05) is 31.3 Å². The van der Waals surface area contributed by atoms with E-state index in [-0.39, 0.29) is 5.25 Å². The molecule has 0 radical (unpaired) electrons. The van der Waals surface area contributed by atoms with Gasteiger partial charge in [0.1, 0.15) is 0 Å². The summed E-state index contributed by atoms with van der Waals surface area (Å²) in [7, 11) is 0. The Morgan fingerprint density at radius 1 is 1.50 bits per heavy atom. The molecule has 4 heteroatoms. The van der Waals surface area contributed by atoms with Crippen LogP contribution in [0.15, 0.2) is 5.16 Å². The third-order valence-electron chi connectivity index (χ3n) is 2.73. The topological polar surface area (TPSA) is 58.6 Å². The number of hydrogen-bond acceptors (Lipinski definition) is 3. The summed E-state index contributed by atoms with van der Waals surface area (Å²) in [6, 6.07) is 0. The molecule has 0 aromatic heterocycles. The first-order valence-electron chi connectivity index (χ1n) is 5.40. The molecule has 0 aromatic rings. The molecule has 82 valence electrons. The molecule has 1 aliphatic carbocycles. The monoisotopic (exact) mass is 216 g/mol. The molecule has 0 heterocycles. The minimum atomic E-state index is 0.197. The van der Waals surface area contributed by atoms with Gasteiger partial charge >= 0.3 is 0 Å². The molecule has 0 aliphatic heterocycles. The fourth-order valence-electron chi connectivity index (χ4n) is 1.87. The number of thioether (sulfide) groups is 1. The Balaban J connectivity index is 2.38. The van der Waals surface area contributed by atoms with Crippen molar-refractivity contribution in [2.24, 2.45) is 10.9 Å². The van der Waals surface area contributed by atoms with E-state index in [0.29, 0.717) is 11.1 Å². The summed E-state index contributed by atoms with van der Waals surface area (Å²) in [6.07, 6.45) is 7.57. The van der Waals surface area contributed by atoms with E-state index in [1.807, 2.05) is 11.8 Å². The van der Waals surface area contributed by atoms with E-state index in [9.17, 15) is 0 Å². The highest BCUT2D eigenvalue weighted by Gasteiger charge is 2.20. The zero-order chi connectivity index (χ0) is 10.4. The van der Waals surface area contributed by atoms with Crippen molar-refractivity contribution >= 4 is 17.6 Å². The molecule has 0 bridgehead atoms. The van der Waals surface area contributed by atoms with Gasteiger partial charge in [0.2, 0.25) is 0 Å². The van der Waals surface area contributed by atoms with Crippen LogP contribution in [0.25, 0.3) is 0 Å². The average molecular weight is 216 g/mol. The highest BCUT2D eigenvalue weighted by Crippen LogP contribution is 2.32. The Kier molecular flexibility index (Phi) is 5.15. The maximum atomic E-state index is 8.62. The molecular formula is C10H20N2OS. The van der Waals surface area contributed by atoms with Crippen molar-refractivity contribution in [3.05, 3.63) is 0 Å². The van der Waals surface area contributed by atoms with Crippen molar-refractivity contribution in [1.29, 1.82) is 0 Å². The third-order valence-corrected chi connectivity index (χ3v) is 4.48. The van der Waals surface area contributed by atoms with Gasteiger partial charge < -0.3 is 10.9 Å². The molecule has 0 amide bonds. The molecule has 1 saturated carbocycles. The van der Waals surface area contributed by atoms with Gasteiger partial charge in [0.25, 0.3) is 0 Å². The van der Waals surface area contributed by atoms with Gasteiger partial charge in [-0.2, -0.15) is 0 Å². The number of oxime groups is 1. The van der Waals surface area contributed by atoms with Crippen LogP contribution in [-0.4, -0.2) is 21.5 Å². The largest absolute Gasteiger partial charge is 0.409 e. The lowest BCUT2D eigenvalue weighted by Crippen LogP contribution is -2.28. The van der Waals surface area contributed by atoms with Crippen molar-refractivity contribution in [2.45, 2.75) is 55.9 Å². The van der Waals surface area contributed by atoms with E-state index in [1.165, 1.54) is 32.1 Å². The van der Waals surface area contributed by atoms with Gasteiger partial charge in [0.15, 0.2) is 5.84 Å². The molecule has 3 nitrogen and oxygen atoms in total. The summed E-state index contributed by atoms with van der Waals surface area (Å²) < 4.78 is 0. The summed E-state index contributed by atoms with van der Waals surface area (Å²) in [5, 5.41) is 12.6. The smallest absolute Gasteiger partial charge is 0.152 e. The van der Waals surface area contributed by atoms with E-state index in [4.69, 9.17) is 10.9 Å². The summed E-state index contributed by atoms with van der Waals surface area (Å²) in [5.74, 6) is 0.378. The molecule has 1 unspecified atom stereocenters. The van der Waals surface area contributed by atoms with Crippen LogP contribution in [-0.2, 0) is 0 Å². The van der Waals surface area contributed by atoms with Crippen molar-refractivity contribution < 1.29 is 5.21 Å². The van der Waals surface area contributed by atoms with E-state index >= 15 is 0 Å². The maximum Gasteiger partial charge on any atom is 0.152 e. The lowest BCUT2D eigenvalue weighted by Gasteiger charge is -2.24. The molecular weight excluding hydrogens is 196 g/mol. The SMILES string of the molecule is CCC(SC1CCCCC1)C(N)=NO. The molecule has 14 heavy (non-hydrogen) atoms. The van der Waals surface area contributed by atoms with Crippen LogP contribution in [0.5, 0.6) is 0 Å². The normalized spacial score (nSPS) is 22.2. The standard InChI is InChI=1S/C10H20N2OS/c1-2-9(10(11)12-13)14-8-6-4-3-5-7-8/h8-9,13H,2-7H2,1H3,(H2,11,12). The number of rotatable bonds is 4. The van der Waals surface area contributed by atoms with Crippen LogP contribution in [0.4, 0.5) is 0 Å². The van der Waals surface area contributed by atoms with Crippen molar-refractivity contribution in [2.75, 3.05) is 0 Å². The first-order chi connectivity index (χ1) is 6.77. The van der Waals surface area contributed by atoms with Gasteiger partial charge in [0.05, 0.1) is 5.25 Å². The van der Waals surface area contributed by atoms with E-state index in [0.717, 1.165) is 6.42 Å². The van der Waals surface area contributed by atoms with E-state index in [1.54, 1.807) is 0 Å². The van der Waals surface area contributed by atoms with Crippen LogP contribution >= 0.6 is 11.8 Å². The minimum absolute atomic E-state index is 0.197. The Bertz CT molecular complexity index is 191. The first kappa shape index (κ1) is 11.7. The van der Waals surface area contributed by atoms with Crippen LogP contribution < -0.4 is 5.73 Å². The van der Waals surface area contributed by atoms with Crippen LogP contribution in [0, 0.1) is 0 Å². The number of hydrogen-bond donors (Lipinski definition) is 2. The number of amidine groups is 1.